The highest BCUT2D eigenvalue weighted by Gasteiger charge is 2.15. The van der Waals surface area contributed by atoms with Crippen molar-refractivity contribution >= 4 is 11.7 Å². The minimum Gasteiger partial charge on any atom is -0.320 e. The monoisotopic (exact) mass is 390 g/mol. The average molecular weight is 391 g/mol. The molecule has 0 radical (unpaired) electrons. The fourth-order valence-electron chi connectivity index (χ4n) is 3.27. The number of anilines is 1. The van der Waals surface area contributed by atoms with Gasteiger partial charge in [0.05, 0.1) is 0 Å². The number of benzene rings is 3. The van der Waals surface area contributed by atoms with Gasteiger partial charge in [0, 0.05) is 18.8 Å². The molecule has 4 heteroatoms. The largest absolute Gasteiger partial charge is 0.322 e. The lowest BCUT2D eigenvalue weighted by molar-refractivity contribution is 0.210. The third-order valence-corrected chi connectivity index (χ3v) is 4.96. The van der Waals surface area contributed by atoms with Crippen molar-refractivity contribution in [1.82, 2.24) is 4.90 Å². The highest BCUT2D eigenvalue weighted by atomic mass is 19.1. The number of aryl methyl sites for hydroxylation is 3. The van der Waals surface area contributed by atoms with Crippen molar-refractivity contribution in [2.24, 2.45) is 0 Å². The van der Waals surface area contributed by atoms with Crippen LogP contribution in [0.2, 0.25) is 0 Å². The van der Waals surface area contributed by atoms with Gasteiger partial charge in [0.1, 0.15) is 5.82 Å². The molecule has 29 heavy (non-hydrogen) atoms. The first kappa shape index (κ1) is 20.6. The molecule has 0 aromatic heterocycles. The fourth-order valence-corrected chi connectivity index (χ4v) is 3.27. The van der Waals surface area contributed by atoms with Gasteiger partial charge in [-0.25, -0.2) is 9.18 Å². The van der Waals surface area contributed by atoms with Gasteiger partial charge < -0.3 is 10.2 Å². The van der Waals surface area contributed by atoms with E-state index in [9.17, 15) is 9.18 Å². The van der Waals surface area contributed by atoms with E-state index < -0.39 is 0 Å². The minimum atomic E-state index is -0.257. The van der Waals surface area contributed by atoms with Gasteiger partial charge in [0.15, 0.2) is 0 Å². The van der Waals surface area contributed by atoms with E-state index in [4.69, 9.17) is 0 Å². The summed E-state index contributed by atoms with van der Waals surface area (Å²) < 4.78 is 13.5. The number of amides is 2. The lowest BCUT2D eigenvalue weighted by Crippen LogP contribution is -2.36. The second kappa shape index (κ2) is 9.37. The topological polar surface area (TPSA) is 32.3 Å². The van der Waals surface area contributed by atoms with Crippen molar-refractivity contribution in [3.05, 3.63) is 100 Å². The van der Waals surface area contributed by atoms with Gasteiger partial charge in [-0.3, -0.25) is 0 Å². The Hall–Kier alpha value is -3.14. The van der Waals surface area contributed by atoms with E-state index in [0.29, 0.717) is 19.5 Å². The highest BCUT2D eigenvalue weighted by molar-refractivity contribution is 5.90. The van der Waals surface area contributed by atoms with Crippen LogP contribution in [-0.4, -0.2) is 17.5 Å². The summed E-state index contributed by atoms with van der Waals surface area (Å²) in [5.74, 6) is -0.257. The number of carbonyl (C=O) groups is 1. The first-order chi connectivity index (χ1) is 13.9. The van der Waals surface area contributed by atoms with Crippen LogP contribution >= 0.6 is 0 Å². The molecule has 150 valence electrons. The number of nitrogens with zero attached hydrogens (tertiary/aromatic N) is 1. The predicted molar refractivity (Wildman–Crippen MR) is 117 cm³/mol. The van der Waals surface area contributed by atoms with Crippen molar-refractivity contribution in [1.29, 1.82) is 0 Å². The number of urea groups is 1. The minimum absolute atomic E-state index is 0.158. The van der Waals surface area contributed by atoms with Crippen molar-refractivity contribution in [2.45, 2.75) is 33.7 Å². The van der Waals surface area contributed by atoms with Crippen LogP contribution < -0.4 is 5.32 Å². The van der Waals surface area contributed by atoms with Crippen LogP contribution in [0, 0.1) is 26.6 Å². The summed E-state index contributed by atoms with van der Waals surface area (Å²) in [6, 6.07) is 20.5. The van der Waals surface area contributed by atoms with E-state index >= 15 is 0 Å². The molecule has 3 rings (SSSR count). The zero-order chi connectivity index (χ0) is 20.8. The third-order valence-electron chi connectivity index (χ3n) is 4.96. The second-order valence-electron chi connectivity index (χ2n) is 7.54. The molecule has 0 saturated heterocycles. The predicted octanol–water partition coefficient (Wildman–Crippen LogP) is 6.03. The Morgan fingerprint density at radius 1 is 0.897 bits per heavy atom. The Bertz CT molecular complexity index is 982. The van der Waals surface area contributed by atoms with Crippen LogP contribution in [0.25, 0.3) is 0 Å². The number of halogens is 1. The Labute approximate surface area is 172 Å². The molecule has 0 spiro atoms. The summed E-state index contributed by atoms with van der Waals surface area (Å²) in [6.07, 6.45) is 0.587. The molecule has 0 aliphatic heterocycles. The van der Waals surface area contributed by atoms with Crippen LogP contribution in [-0.2, 0) is 13.0 Å². The van der Waals surface area contributed by atoms with E-state index in [2.05, 4.69) is 5.32 Å². The van der Waals surface area contributed by atoms with Gasteiger partial charge in [-0.2, -0.15) is 0 Å². The number of hydrogen-bond acceptors (Lipinski definition) is 1. The Kier molecular flexibility index (Phi) is 6.65. The first-order valence-electron chi connectivity index (χ1n) is 9.84. The van der Waals surface area contributed by atoms with E-state index in [1.165, 1.54) is 17.7 Å². The van der Waals surface area contributed by atoms with Gasteiger partial charge in [0.25, 0.3) is 0 Å². The van der Waals surface area contributed by atoms with E-state index in [1.807, 2.05) is 69.3 Å². The van der Waals surface area contributed by atoms with Gasteiger partial charge in [0.2, 0.25) is 0 Å². The van der Waals surface area contributed by atoms with E-state index in [1.54, 1.807) is 11.0 Å². The number of carbonyl (C=O) groups excluding carboxylic acids is 1. The Balaban J connectivity index is 1.76. The number of rotatable bonds is 6. The van der Waals surface area contributed by atoms with E-state index in [0.717, 1.165) is 27.9 Å². The summed E-state index contributed by atoms with van der Waals surface area (Å²) in [6.45, 7) is 7.04. The van der Waals surface area contributed by atoms with Crippen LogP contribution in [0.15, 0.2) is 66.7 Å². The summed E-state index contributed by atoms with van der Waals surface area (Å²) in [5, 5.41) is 3.03. The molecule has 0 fully saturated rings. The number of hydrogen-bond donors (Lipinski definition) is 1. The molecule has 0 aliphatic carbocycles. The molecule has 1 N–H and O–H groups in total. The molecule has 0 bridgehead atoms. The maximum Gasteiger partial charge on any atom is 0.322 e. The maximum atomic E-state index is 13.5. The second-order valence-corrected chi connectivity index (χ2v) is 7.54. The first-order valence-corrected chi connectivity index (χ1v) is 9.84. The number of nitrogens with one attached hydrogen (secondary N) is 1. The van der Waals surface area contributed by atoms with Gasteiger partial charge in [-0.15, -0.1) is 0 Å². The summed E-state index contributed by atoms with van der Waals surface area (Å²) >= 11 is 0. The summed E-state index contributed by atoms with van der Waals surface area (Å²) in [4.78, 5) is 14.8. The van der Waals surface area contributed by atoms with Gasteiger partial charge in [-0.05, 0) is 62.1 Å². The molecule has 3 nitrogen and oxygen atoms in total. The molecular formula is C25H27FN2O. The van der Waals surface area contributed by atoms with Crippen molar-refractivity contribution in [3.8, 4) is 0 Å². The summed E-state index contributed by atoms with van der Waals surface area (Å²) in [5.41, 5.74) is 6.10. The standard InChI is InChI=1S/C25H27FN2O/c1-18-7-10-22(11-8-18)17-28(14-13-21-5-4-6-23(26)16-21)25(29)27-24-12-9-19(2)15-20(24)3/h4-12,15-16H,13-14,17H2,1-3H3,(H,27,29). The molecule has 2 amide bonds. The molecule has 0 atom stereocenters. The fraction of sp³-hybridized carbons (Fsp3) is 0.240. The SMILES string of the molecule is Cc1ccc(CN(CCc2cccc(F)c2)C(=O)Nc2ccc(C)cc2C)cc1. The molecular weight excluding hydrogens is 363 g/mol. The van der Waals surface area contributed by atoms with Crippen molar-refractivity contribution in [3.63, 3.8) is 0 Å². The summed E-state index contributed by atoms with van der Waals surface area (Å²) in [7, 11) is 0. The smallest absolute Gasteiger partial charge is 0.320 e. The molecule has 3 aromatic carbocycles. The Morgan fingerprint density at radius 3 is 2.31 bits per heavy atom. The third kappa shape index (κ3) is 5.92. The van der Waals surface area contributed by atoms with Gasteiger partial charge in [-0.1, -0.05) is 59.7 Å². The lowest BCUT2D eigenvalue weighted by atomic mass is 10.1. The van der Waals surface area contributed by atoms with Gasteiger partial charge >= 0.3 is 6.03 Å². The molecule has 0 unspecified atom stereocenters. The van der Waals surface area contributed by atoms with Crippen molar-refractivity contribution < 1.29 is 9.18 Å². The molecule has 0 aliphatic rings. The van der Waals surface area contributed by atoms with Crippen LogP contribution in [0.1, 0.15) is 27.8 Å². The zero-order valence-electron chi connectivity index (χ0n) is 17.2. The molecule has 0 saturated carbocycles. The quantitative estimate of drug-likeness (QED) is 0.548. The normalized spacial score (nSPS) is 10.6. The van der Waals surface area contributed by atoms with E-state index in [-0.39, 0.29) is 11.8 Å². The zero-order valence-corrected chi connectivity index (χ0v) is 17.2. The van der Waals surface area contributed by atoms with Crippen LogP contribution in [0.4, 0.5) is 14.9 Å². The maximum absolute atomic E-state index is 13.5. The Morgan fingerprint density at radius 2 is 1.62 bits per heavy atom. The van der Waals surface area contributed by atoms with Crippen LogP contribution in [0.5, 0.6) is 0 Å². The van der Waals surface area contributed by atoms with Crippen LogP contribution in [0.3, 0.4) is 0 Å². The lowest BCUT2D eigenvalue weighted by Gasteiger charge is -2.24. The average Bonchev–Trinajstić information content (AvgIpc) is 2.69. The van der Waals surface area contributed by atoms with Crippen molar-refractivity contribution in [2.75, 3.05) is 11.9 Å². The molecule has 3 aromatic rings. The molecule has 0 heterocycles. The highest BCUT2D eigenvalue weighted by Crippen LogP contribution is 2.18.